The predicted octanol–water partition coefficient (Wildman–Crippen LogP) is 1.07. The molecule has 0 saturated heterocycles. The first-order chi connectivity index (χ1) is 5.54. The van der Waals surface area contributed by atoms with Crippen LogP contribution in [0.1, 0.15) is 17.3 Å². The molecule has 0 aromatic carbocycles. The maximum absolute atomic E-state index is 10.0. The second-order valence-electron chi connectivity index (χ2n) is 1.84. The standard InChI is InChI=1S/C5H4O3.C2H4O2/c6-5(7)4-1-2-8-3-4;1-2(3)4/h1-3H,(H,6,7);1H3,(H,3,4). The summed E-state index contributed by atoms with van der Waals surface area (Å²) < 4.78 is 4.49. The summed E-state index contributed by atoms with van der Waals surface area (Å²) >= 11 is 0. The van der Waals surface area contributed by atoms with E-state index < -0.39 is 11.9 Å². The highest BCUT2D eigenvalue weighted by Gasteiger charge is 2.00. The molecule has 0 fully saturated rings. The molecular formula is C7H8O5. The van der Waals surface area contributed by atoms with Gasteiger partial charge in [-0.15, -0.1) is 0 Å². The molecule has 0 aliphatic rings. The lowest BCUT2D eigenvalue weighted by Gasteiger charge is -1.77. The van der Waals surface area contributed by atoms with Gasteiger partial charge >= 0.3 is 5.97 Å². The van der Waals surface area contributed by atoms with Gasteiger partial charge in [-0.05, 0) is 6.07 Å². The third kappa shape index (κ3) is 5.04. The molecule has 1 heterocycles. The molecule has 5 heteroatoms. The first kappa shape index (κ1) is 10.2. The van der Waals surface area contributed by atoms with Crippen molar-refractivity contribution in [3.05, 3.63) is 24.2 Å². The molecule has 0 aliphatic heterocycles. The van der Waals surface area contributed by atoms with Crippen molar-refractivity contribution in [2.24, 2.45) is 0 Å². The summed E-state index contributed by atoms with van der Waals surface area (Å²) in [5.41, 5.74) is 0.185. The highest BCUT2D eigenvalue weighted by Crippen LogP contribution is 1.97. The zero-order valence-electron chi connectivity index (χ0n) is 6.35. The van der Waals surface area contributed by atoms with E-state index in [1.165, 1.54) is 18.6 Å². The molecule has 66 valence electrons. The number of hydrogen-bond acceptors (Lipinski definition) is 3. The van der Waals surface area contributed by atoms with Crippen molar-refractivity contribution in [2.45, 2.75) is 6.92 Å². The third-order valence-electron chi connectivity index (χ3n) is 0.768. The van der Waals surface area contributed by atoms with Gasteiger partial charge in [-0.25, -0.2) is 4.79 Å². The van der Waals surface area contributed by atoms with Crippen LogP contribution in [0.3, 0.4) is 0 Å². The van der Waals surface area contributed by atoms with Crippen LogP contribution in [0.2, 0.25) is 0 Å². The Morgan fingerprint density at radius 2 is 1.92 bits per heavy atom. The number of carboxylic acids is 2. The molecule has 1 rings (SSSR count). The summed E-state index contributed by atoms with van der Waals surface area (Å²) in [7, 11) is 0. The second-order valence-corrected chi connectivity index (χ2v) is 1.84. The number of rotatable bonds is 1. The van der Waals surface area contributed by atoms with Crippen molar-refractivity contribution in [1.82, 2.24) is 0 Å². The van der Waals surface area contributed by atoms with E-state index in [1.807, 2.05) is 0 Å². The van der Waals surface area contributed by atoms with Crippen LogP contribution in [-0.2, 0) is 4.79 Å². The number of aromatic carboxylic acids is 1. The number of hydrogen-bond donors (Lipinski definition) is 2. The first-order valence-corrected chi connectivity index (χ1v) is 2.99. The van der Waals surface area contributed by atoms with Crippen molar-refractivity contribution >= 4 is 11.9 Å². The van der Waals surface area contributed by atoms with E-state index in [0.29, 0.717) is 0 Å². The van der Waals surface area contributed by atoms with E-state index in [-0.39, 0.29) is 5.56 Å². The summed E-state index contributed by atoms with van der Waals surface area (Å²) in [6, 6.07) is 1.39. The van der Waals surface area contributed by atoms with Crippen LogP contribution in [0.25, 0.3) is 0 Å². The van der Waals surface area contributed by atoms with Gasteiger partial charge in [-0.1, -0.05) is 0 Å². The number of carbonyl (C=O) groups is 2. The highest BCUT2D eigenvalue weighted by molar-refractivity contribution is 5.86. The topological polar surface area (TPSA) is 87.7 Å². The van der Waals surface area contributed by atoms with Gasteiger partial charge in [0.1, 0.15) is 6.26 Å². The Bertz CT molecular complexity index is 245. The van der Waals surface area contributed by atoms with Crippen LogP contribution in [0, 0.1) is 0 Å². The summed E-state index contributed by atoms with van der Waals surface area (Å²) in [6.07, 6.45) is 2.51. The maximum Gasteiger partial charge on any atom is 0.338 e. The van der Waals surface area contributed by atoms with E-state index in [1.54, 1.807) is 0 Å². The van der Waals surface area contributed by atoms with Gasteiger partial charge in [0.05, 0.1) is 11.8 Å². The molecule has 0 atom stereocenters. The molecule has 12 heavy (non-hydrogen) atoms. The SMILES string of the molecule is CC(=O)O.O=C(O)c1ccoc1. The second kappa shape index (κ2) is 4.95. The largest absolute Gasteiger partial charge is 0.481 e. The Hall–Kier alpha value is -1.78. The lowest BCUT2D eigenvalue weighted by molar-refractivity contribution is -0.134. The zero-order valence-corrected chi connectivity index (χ0v) is 6.35. The lowest BCUT2D eigenvalue weighted by atomic mass is 10.4. The molecule has 0 amide bonds. The van der Waals surface area contributed by atoms with Gasteiger partial charge in [0.2, 0.25) is 0 Å². The highest BCUT2D eigenvalue weighted by atomic mass is 16.4. The smallest absolute Gasteiger partial charge is 0.338 e. The van der Waals surface area contributed by atoms with Crippen LogP contribution in [0.15, 0.2) is 23.0 Å². The van der Waals surface area contributed by atoms with Crippen molar-refractivity contribution in [3.63, 3.8) is 0 Å². The molecule has 1 aromatic rings. The molecule has 0 saturated carbocycles. The van der Waals surface area contributed by atoms with Crippen LogP contribution < -0.4 is 0 Å². The molecule has 0 spiro atoms. The summed E-state index contributed by atoms with van der Waals surface area (Å²) in [6.45, 7) is 1.08. The Morgan fingerprint density at radius 1 is 1.42 bits per heavy atom. The van der Waals surface area contributed by atoms with E-state index in [2.05, 4.69) is 4.42 Å². The molecule has 2 N–H and O–H groups in total. The maximum atomic E-state index is 10.0. The minimum atomic E-state index is -0.959. The Labute approximate surface area is 68.2 Å². The predicted molar refractivity (Wildman–Crippen MR) is 39.0 cm³/mol. The average molecular weight is 172 g/mol. The Kier molecular flexibility index (Phi) is 4.21. The molecule has 0 aliphatic carbocycles. The summed E-state index contributed by atoms with van der Waals surface area (Å²) in [4.78, 5) is 19.0. The summed E-state index contributed by atoms with van der Waals surface area (Å²) in [5, 5.41) is 15.6. The number of carboxylic acid groups (broad SMARTS) is 2. The number of aliphatic carboxylic acids is 1. The normalized spacial score (nSPS) is 8.08. The lowest BCUT2D eigenvalue weighted by Crippen LogP contribution is -1.90. The Morgan fingerprint density at radius 3 is 2.08 bits per heavy atom. The fourth-order valence-corrected chi connectivity index (χ4v) is 0.386. The monoisotopic (exact) mass is 172 g/mol. The van der Waals surface area contributed by atoms with Crippen LogP contribution in [0.4, 0.5) is 0 Å². The average Bonchev–Trinajstić information content (AvgIpc) is 2.34. The van der Waals surface area contributed by atoms with E-state index in [4.69, 9.17) is 15.0 Å². The molecular weight excluding hydrogens is 164 g/mol. The van der Waals surface area contributed by atoms with Gasteiger partial charge in [-0.3, -0.25) is 4.79 Å². The quantitative estimate of drug-likeness (QED) is 0.661. The molecule has 5 nitrogen and oxygen atoms in total. The van der Waals surface area contributed by atoms with E-state index in [0.717, 1.165) is 6.92 Å². The fourth-order valence-electron chi connectivity index (χ4n) is 0.386. The van der Waals surface area contributed by atoms with Crippen LogP contribution in [0.5, 0.6) is 0 Å². The minimum Gasteiger partial charge on any atom is -0.481 e. The first-order valence-electron chi connectivity index (χ1n) is 2.99. The van der Waals surface area contributed by atoms with Crippen LogP contribution >= 0.6 is 0 Å². The van der Waals surface area contributed by atoms with Gasteiger partial charge in [-0.2, -0.15) is 0 Å². The van der Waals surface area contributed by atoms with Gasteiger partial charge in [0.15, 0.2) is 0 Å². The van der Waals surface area contributed by atoms with E-state index in [9.17, 15) is 4.79 Å². The van der Waals surface area contributed by atoms with Crippen molar-refractivity contribution in [3.8, 4) is 0 Å². The summed E-state index contributed by atoms with van der Waals surface area (Å²) in [5.74, 6) is -1.79. The van der Waals surface area contributed by atoms with Crippen LogP contribution in [-0.4, -0.2) is 22.2 Å². The molecule has 0 radical (unpaired) electrons. The minimum absolute atomic E-state index is 0.185. The molecule has 0 bridgehead atoms. The van der Waals surface area contributed by atoms with Crippen molar-refractivity contribution < 1.29 is 24.2 Å². The van der Waals surface area contributed by atoms with Crippen molar-refractivity contribution in [1.29, 1.82) is 0 Å². The van der Waals surface area contributed by atoms with Gasteiger partial charge < -0.3 is 14.6 Å². The Balaban J connectivity index is 0.000000261. The van der Waals surface area contributed by atoms with E-state index >= 15 is 0 Å². The molecule has 1 aromatic heterocycles. The van der Waals surface area contributed by atoms with Gasteiger partial charge in [0, 0.05) is 6.92 Å². The number of furan rings is 1. The van der Waals surface area contributed by atoms with Crippen molar-refractivity contribution in [2.75, 3.05) is 0 Å². The fraction of sp³-hybridized carbons (Fsp3) is 0.143. The molecule has 0 unspecified atom stereocenters. The third-order valence-corrected chi connectivity index (χ3v) is 0.768. The zero-order chi connectivity index (χ0) is 9.56. The van der Waals surface area contributed by atoms with Gasteiger partial charge in [0.25, 0.3) is 5.97 Å².